The fourth-order valence-electron chi connectivity index (χ4n) is 3.32. The minimum atomic E-state index is -0.877. The van der Waals surface area contributed by atoms with Crippen molar-refractivity contribution in [3.05, 3.63) is 108 Å². The maximum absolute atomic E-state index is 12.4. The van der Waals surface area contributed by atoms with Crippen molar-refractivity contribution in [2.45, 2.75) is 31.7 Å². The van der Waals surface area contributed by atoms with Crippen LogP contribution in [0.25, 0.3) is 0 Å². The van der Waals surface area contributed by atoms with E-state index >= 15 is 0 Å². The quantitative estimate of drug-likeness (QED) is 0.347. The number of nitrogens with zero attached hydrogens (tertiary/aromatic N) is 1. The number of aliphatic hydroxyl groups is 1. The topological polar surface area (TPSA) is 87.8 Å². The summed E-state index contributed by atoms with van der Waals surface area (Å²) in [6.07, 6.45) is -0.990. The molecular weight excluding hydrogens is 390 g/mol. The lowest BCUT2D eigenvalue weighted by atomic mass is 10.0. The molecule has 0 aromatic heterocycles. The van der Waals surface area contributed by atoms with Gasteiger partial charge in [0.2, 0.25) is 0 Å². The first kappa shape index (κ1) is 22.5. The number of amides is 1. The second kappa shape index (κ2) is 11.9. The molecule has 0 aliphatic carbocycles. The number of carbonyl (C=O) groups excluding carboxylic acids is 1. The van der Waals surface area contributed by atoms with Crippen molar-refractivity contribution in [1.82, 2.24) is 10.3 Å². The van der Waals surface area contributed by atoms with E-state index in [9.17, 15) is 9.90 Å². The maximum Gasteiger partial charge on any atom is 0.407 e. The van der Waals surface area contributed by atoms with Crippen LogP contribution < -0.4 is 11.2 Å². The number of alkyl carbamates (subject to hydrolysis) is 1. The first-order chi connectivity index (χ1) is 15.1. The lowest BCUT2D eigenvalue weighted by Crippen LogP contribution is -2.50. The SMILES string of the molecule is NN(Cc1ccccc1)CC(O)C(Cc1ccccc1)NC(=O)OCc1ccccc1. The number of aliphatic hydroxyl groups excluding tert-OH is 1. The Bertz CT molecular complexity index is 907. The van der Waals surface area contributed by atoms with Crippen LogP contribution in [0.15, 0.2) is 91.0 Å². The van der Waals surface area contributed by atoms with Crippen LogP contribution in [0.3, 0.4) is 0 Å². The van der Waals surface area contributed by atoms with Crippen molar-refractivity contribution in [3.8, 4) is 0 Å². The molecule has 0 saturated carbocycles. The molecule has 0 spiro atoms. The summed E-state index contributed by atoms with van der Waals surface area (Å²) in [7, 11) is 0. The minimum Gasteiger partial charge on any atom is -0.445 e. The van der Waals surface area contributed by atoms with Crippen molar-refractivity contribution in [2.75, 3.05) is 6.54 Å². The van der Waals surface area contributed by atoms with E-state index in [2.05, 4.69) is 5.32 Å². The van der Waals surface area contributed by atoms with Crippen molar-refractivity contribution >= 4 is 6.09 Å². The van der Waals surface area contributed by atoms with Crippen LogP contribution in [0.2, 0.25) is 0 Å². The fraction of sp³-hybridized carbons (Fsp3) is 0.240. The lowest BCUT2D eigenvalue weighted by Gasteiger charge is -2.27. The Morgan fingerprint density at radius 2 is 1.39 bits per heavy atom. The number of hydrazine groups is 1. The van der Waals surface area contributed by atoms with Crippen LogP contribution >= 0.6 is 0 Å². The molecular formula is C25H29N3O3. The van der Waals surface area contributed by atoms with E-state index in [1.54, 1.807) is 5.01 Å². The van der Waals surface area contributed by atoms with E-state index in [0.717, 1.165) is 16.7 Å². The zero-order chi connectivity index (χ0) is 21.9. The average molecular weight is 420 g/mol. The number of hydrogen-bond donors (Lipinski definition) is 3. The molecule has 3 aromatic carbocycles. The third kappa shape index (κ3) is 7.86. The summed E-state index contributed by atoms with van der Waals surface area (Å²) >= 11 is 0. The largest absolute Gasteiger partial charge is 0.445 e. The zero-order valence-electron chi connectivity index (χ0n) is 17.4. The van der Waals surface area contributed by atoms with E-state index in [4.69, 9.17) is 10.6 Å². The number of nitrogens with two attached hydrogens (primary N) is 1. The summed E-state index contributed by atoms with van der Waals surface area (Å²) in [4.78, 5) is 12.4. The van der Waals surface area contributed by atoms with Gasteiger partial charge in [0, 0.05) is 13.1 Å². The molecule has 2 atom stereocenters. The van der Waals surface area contributed by atoms with E-state index in [0.29, 0.717) is 13.0 Å². The zero-order valence-corrected chi connectivity index (χ0v) is 17.4. The Balaban J connectivity index is 1.59. The second-order valence-corrected chi connectivity index (χ2v) is 7.48. The average Bonchev–Trinajstić information content (AvgIpc) is 2.79. The van der Waals surface area contributed by atoms with Crippen LogP contribution in [-0.2, 0) is 24.3 Å². The molecule has 0 saturated heterocycles. The number of ether oxygens (including phenoxy) is 1. The standard InChI is InChI=1S/C25H29N3O3/c26-28(17-21-12-6-2-7-13-21)18-24(29)23(16-20-10-4-1-5-11-20)27-25(30)31-19-22-14-8-3-9-15-22/h1-15,23-24,29H,16-19,26H2,(H,27,30). The molecule has 0 bridgehead atoms. The van der Waals surface area contributed by atoms with Crippen LogP contribution in [-0.4, -0.2) is 34.9 Å². The van der Waals surface area contributed by atoms with Gasteiger partial charge in [-0.15, -0.1) is 0 Å². The summed E-state index contributed by atoms with van der Waals surface area (Å²) < 4.78 is 5.34. The van der Waals surface area contributed by atoms with Gasteiger partial charge in [-0.1, -0.05) is 91.0 Å². The van der Waals surface area contributed by atoms with Gasteiger partial charge in [-0.3, -0.25) is 5.84 Å². The minimum absolute atomic E-state index is 0.165. The van der Waals surface area contributed by atoms with Gasteiger partial charge in [0.05, 0.1) is 12.1 Å². The highest BCUT2D eigenvalue weighted by Gasteiger charge is 2.24. The van der Waals surface area contributed by atoms with Gasteiger partial charge in [0.1, 0.15) is 6.61 Å². The maximum atomic E-state index is 12.4. The first-order valence-electron chi connectivity index (χ1n) is 10.3. The van der Waals surface area contributed by atoms with E-state index in [-0.39, 0.29) is 13.2 Å². The summed E-state index contributed by atoms with van der Waals surface area (Å²) in [5.41, 5.74) is 2.95. The van der Waals surface area contributed by atoms with Crippen molar-refractivity contribution < 1.29 is 14.6 Å². The molecule has 3 rings (SSSR count). The third-order valence-corrected chi connectivity index (χ3v) is 4.93. The van der Waals surface area contributed by atoms with Crippen LogP contribution in [0.1, 0.15) is 16.7 Å². The molecule has 6 nitrogen and oxygen atoms in total. The molecule has 1 amide bonds. The molecule has 4 N–H and O–H groups in total. The Kier molecular flexibility index (Phi) is 8.60. The predicted molar refractivity (Wildman–Crippen MR) is 121 cm³/mol. The molecule has 0 fully saturated rings. The van der Waals surface area contributed by atoms with Gasteiger partial charge in [0.25, 0.3) is 0 Å². The van der Waals surface area contributed by atoms with Gasteiger partial charge in [-0.25, -0.2) is 9.80 Å². The molecule has 0 aliphatic rings. The number of hydrogen-bond acceptors (Lipinski definition) is 5. The van der Waals surface area contributed by atoms with Gasteiger partial charge in [-0.05, 0) is 23.1 Å². The van der Waals surface area contributed by atoms with Gasteiger partial charge in [0.15, 0.2) is 0 Å². The first-order valence-corrected chi connectivity index (χ1v) is 10.3. The van der Waals surface area contributed by atoms with E-state index in [1.165, 1.54) is 0 Å². The van der Waals surface area contributed by atoms with Crippen LogP contribution in [0, 0.1) is 0 Å². The number of carbonyl (C=O) groups is 1. The van der Waals surface area contributed by atoms with Crippen molar-refractivity contribution in [3.63, 3.8) is 0 Å². The second-order valence-electron chi connectivity index (χ2n) is 7.48. The monoisotopic (exact) mass is 419 g/mol. The van der Waals surface area contributed by atoms with Gasteiger partial charge in [-0.2, -0.15) is 0 Å². The number of benzene rings is 3. The predicted octanol–water partition coefficient (Wildman–Crippen LogP) is 3.26. The van der Waals surface area contributed by atoms with E-state index < -0.39 is 18.2 Å². The Hall–Kier alpha value is -3.19. The molecule has 0 radical (unpaired) electrons. The van der Waals surface area contributed by atoms with Gasteiger partial charge < -0.3 is 15.2 Å². The Morgan fingerprint density at radius 1 is 0.871 bits per heavy atom. The Morgan fingerprint density at radius 3 is 1.97 bits per heavy atom. The van der Waals surface area contributed by atoms with Gasteiger partial charge >= 0.3 is 6.09 Å². The number of nitrogens with one attached hydrogen (secondary N) is 1. The lowest BCUT2D eigenvalue weighted by molar-refractivity contribution is 0.0685. The van der Waals surface area contributed by atoms with Crippen LogP contribution in [0.4, 0.5) is 4.79 Å². The molecule has 0 heterocycles. The normalized spacial score (nSPS) is 12.9. The fourth-order valence-corrected chi connectivity index (χ4v) is 3.32. The highest BCUT2D eigenvalue weighted by atomic mass is 16.5. The Labute approximate surface area is 183 Å². The highest BCUT2D eigenvalue weighted by molar-refractivity contribution is 5.67. The molecule has 0 aliphatic heterocycles. The summed E-state index contributed by atoms with van der Waals surface area (Å²) in [5.74, 6) is 6.13. The van der Waals surface area contributed by atoms with Crippen LogP contribution in [0.5, 0.6) is 0 Å². The summed E-state index contributed by atoms with van der Waals surface area (Å²) in [5, 5.41) is 15.2. The third-order valence-electron chi connectivity index (χ3n) is 4.93. The molecule has 2 unspecified atom stereocenters. The van der Waals surface area contributed by atoms with E-state index in [1.807, 2.05) is 91.0 Å². The number of rotatable bonds is 10. The summed E-state index contributed by atoms with van der Waals surface area (Å²) in [6, 6.07) is 28.4. The summed E-state index contributed by atoms with van der Waals surface area (Å²) in [6.45, 7) is 0.859. The highest BCUT2D eigenvalue weighted by Crippen LogP contribution is 2.10. The van der Waals surface area contributed by atoms with Crippen molar-refractivity contribution in [2.24, 2.45) is 5.84 Å². The molecule has 162 valence electrons. The molecule has 6 heteroatoms. The molecule has 3 aromatic rings. The smallest absolute Gasteiger partial charge is 0.407 e. The molecule has 31 heavy (non-hydrogen) atoms. The van der Waals surface area contributed by atoms with Crippen molar-refractivity contribution in [1.29, 1.82) is 0 Å².